The molecule has 0 radical (unpaired) electrons. The lowest BCUT2D eigenvalue weighted by Gasteiger charge is -2.24. The highest BCUT2D eigenvalue weighted by Crippen LogP contribution is 2.41. The molecule has 0 aromatic carbocycles. The predicted octanol–water partition coefficient (Wildman–Crippen LogP) is 1.82. The minimum atomic E-state index is -0.154. The summed E-state index contributed by atoms with van der Waals surface area (Å²) in [6.07, 6.45) is 8.19. The van der Waals surface area contributed by atoms with Gasteiger partial charge in [0.1, 0.15) is 0 Å². The Bertz CT molecular complexity index is 798. The van der Waals surface area contributed by atoms with Crippen molar-refractivity contribution in [2.24, 2.45) is 5.41 Å². The molecule has 2 saturated heterocycles. The van der Waals surface area contributed by atoms with Gasteiger partial charge >= 0.3 is 6.03 Å². The number of hydrogen-bond donors (Lipinski definition) is 1. The highest BCUT2D eigenvalue weighted by molar-refractivity contribution is 5.96. The first kappa shape index (κ1) is 16.5. The van der Waals surface area contributed by atoms with Crippen LogP contribution in [0.4, 0.5) is 10.5 Å². The van der Waals surface area contributed by atoms with Crippen molar-refractivity contribution >= 4 is 17.6 Å². The Morgan fingerprint density at radius 1 is 1.15 bits per heavy atom. The second-order valence-corrected chi connectivity index (χ2v) is 7.06. The van der Waals surface area contributed by atoms with Crippen LogP contribution >= 0.6 is 0 Å². The molecular weight excluding hydrogens is 330 g/mol. The van der Waals surface area contributed by atoms with Gasteiger partial charge in [0.25, 0.3) is 0 Å². The van der Waals surface area contributed by atoms with Crippen LogP contribution < -0.4 is 10.2 Å². The number of hydrogen-bond acceptors (Lipinski definition) is 4. The van der Waals surface area contributed by atoms with E-state index < -0.39 is 0 Å². The van der Waals surface area contributed by atoms with Crippen molar-refractivity contribution in [2.75, 3.05) is 24.5 Å². The van der Waals surface area contributed by atoms with Crippen molar-refractivity contribution in [1.82, 2.24) is 20.2 Å². The van der Waals surface area contributed by atoms with E-state index in [1.807, 2.05) is 29.2 Å². The molecule has 2 aliphatic heterocycles. The number of rotatable bonds is 3. The van der Waals surface area contributed by atoms with Crippen LogP contribution in [0.1, 0.15) is 18.4 Å². The Morgan fingerprint density at radius 3 is 2.69 bits per heavy atom. The maximum Gasteiger partial charge on any atom is 0.317 e. The monoisotopic (exact) mass is 351 g/mol. The summed E-state index contributed by atoms with van der Waals surface area (Å²) in [7, 11) is 0. The Kier molecular flexibility index (Phi) is 4.28. The number of nitrogens with one attached hydrogen (secondary N) is 1. The van der Waals surface area contributed by atoms with Gasteiger partial charge in [0.2, 0.25) is 5.91 Å². The molecule has 3 amide bonds. The van der Waals surface area contributed by atoms with Crippen LogP contribution in [-0.2, 0) is 11.3 Å². The lowest BCUT2D eigenvalue weighted by atomic mass is 9.86. The summed E-state index contributed by atoms with van der Waals surface area (Å²) in [5.74, 6) is 0.107. The molecule has 7 heteroatoms. The fourth-order valence-corrected chi connectivity index (χ4v) is 3.82. The number of urea groups is 1. The van der Waals surface area contributed by atoms with Crippen molar-refractivity contribution in [2.45, 2.75) is 19.4 Å². The second kappa shape index (κ2) is 6.74. The van der Waals surface area contributed by atoms with Gasteiger partial charge in [-0.2, -0.15) is 0 Å². The molecule has 1 N–H and O–H groups in total. The number of pyridine rings is 2. The minimum absolute atomic E-state index is 0.0852. The van der Waals surface area contributed by atoms with Crippen LogP contribution in [-0.4, -0.2) is 46.4 Å². The van der Waals surface area contributed by atoms with Crippen LogP contribution in [0.15, 0.2) is 49.1 Å². The SMILES string of the molecule is O=C(NCc1cccnc1)N1CC[C@@]2(CC(=O)N(c3cccnc3)C2)C1. The Hall–Kier alpha value is -2.96. The first-order valence-electron chi connectivity index (χ1n) is 8.77. The van der Waals surface area contributed by atoms with Gasteiger partial charge in [-0.05, 0) is 30.2 Å². The molecular formula is C19H21N5O2. The lowest BCUT2D eigenvalue weighted by molar-refractivity contribution is -0.117. The molecule has 134 valence electrons. The molecule has 4 heterocycles. The van der Waals surface area contributed by atoms with Crippen molar-refractivity contribution in [1.29, 1.82) is 0 Å². The minimum Gasteiger partial charge on any atom is -0.334 e. The summed E-state index contributed by atoms with van der Waals surface area (Å²) in [6.45, 7) is 2.38. The molecule has 1 spiro atoms. The number of likely N-dealkylation sites (tertiary alicyclic amines) is 1. The van der Waals surface area contributed by atoms with Gasteiger partial charge in [-0.25, -0.2) is 4.79 Å². The summed E-state index contributed by atoms with van der Waals surface area (Å²) in [4.78, 5) is 36.7. The van der Waals surface area contributed by atoms with Crippen molar-refractivity contribution < 1.29 is 9.59 Å². The van der Waals surface area contributed by atoms with Crippen LogP contribution in [0.2, 0.25) is 0 Å². The van der Waals surface area contributed by atoms with E-state index in [4.69, 9.17) is 0 Å². The second-order valence-electron chi connectivity index (χ2n) is 7.06. The molecule has 7 nitrogen and oxygen atoms in total. The zero-order chi connectivity index (χ0) is 18.0. The zero-order valence-corrected chi connectivity index (χ0v) is 14.5. The van der Waals surface area contributed by atoms with Crippen molar-refractivity contribution in [3.63, 3.8) is 0 Å². The maximum absolute atomic E-state index is 12.5. The first-order chi connectivity index (χ1) is 12.7. The van der Waals surface area contributed by atoms with Gasteiger partial charge in [0.05, 0.1) is 11.9 Å². The molecule has 4 rings (SSSR count). The molecule has 1 atom stereocenters. The Labute approximate surface area is 152 Å². The van der Waals surface area contributed by atoms with E-state index in [9.17, 15) is 9.59 Å². The third-order valence-corrected chi connectivity index (χ3v) is 5.17. The van der Waals surface area contributed by atoms with Gasteiger partial charge in [0.15, 0.2) is 0 Å². The highest BCUT2D eigenvalue weighted by atomic mass is 16.2. The van der Waals surface area contributed by atoms with Gasteiger partial charge in [-0.3, -0.25) is 14.8 Å². The number of aromatic nitrogens is 2. The third-order valence-electron chi connectivity index (χ3n) is 5.17. The van der Waals surface area contributed by atoms with Crippen LogP contribution in [0, 0.1) is 5.41 Å². The molecule has 0 saturated carbocycles. The smallest absolute Gasteiger partial charge is 0.317 e. The predicted molar refractivity (Wildman–Crippen MR) is 96.3 cm³/mol. The van der Waals surface area contributed by atoms with Crippen molar-refractivity contribution in [3.8, 4) is 0 Å². The standard InChI is InChI=1S/C19H21N5O2/c25-17-9-19(14-24(17)16-4-2-7-21-12-16)5-8-23(13-19)18(26)22-11-15-3-1-6-20-10-15/h1-4,6-7,10,12H,5,8-9,11,13-14H2,(H,22,26)/t19-/m1/s1. The molecule has 26 heavy (non-hydrogen) atoms. The molecule has 2 aliphatic rings. The fraction of sp³-hybridized carbons (Fsp3) is 0.368. The van der Waals surface area contributed by atoms with Gasteiger partial charge < -0.3 is 15.1 Å². The summed E-state index contributed by atoms with van der Waals surface area (Å²) in [5.41, 5.74) is 1.64. The van der Waals surface area contributed by atoms with E-state index in [0.717, 1.165) is 17.7 Å². The number of carbonyl (C=O) groups is 2. The van der Waals surface area contributed by atoms with E-state index in [2.05, 4.69) is 15.3 Å². The number of nitrogens with zero attached hydrogens (tertiary/aromatic N) is 4. The Balaban J connectivity index is 1.37. The fourth-order valence-electron chi connectivity index (χ4n) is 3.82. The summed E-state index contributed by atoms with van der Waals surface area (Å²) in [6, 6.07) is 7.43. The van der Waals surface area contributed by atoms with Gasteiger partial charge in [0, 0.05) is 56.6 Å². The van der Waals surface area contributed by atoms with Gasteiger partial charge in [-0.15, -0.1) is 0 Å². The van der Waals surface area contributed by atoms with Crippen LogP contribution in [0.5, 0.6) is 0 Å². The zero-order valence-electron chi connectivity index (χ0n) is 14.5. The molecule has 0 aliphatic carbocycles. The van der Waals surface area contributed by atoms with E-state index in [1.54, 1.807) is 29.7 Å². The quantitative estimate of drug-likeness (QED) is 0.915. The van der Waals surface area contributed by atoms with Gasteiger partial charge in [-0.1, -0.05) is 6.07 Å². The van der Waals surface area contributed by atoms with Crippen LogP contribution in [0.25, 0.3) is 0 Å². The molecule has 0 unspecified atom stereocenters. The summed E-state index contributed by atoms with van der Waals surface area (Å²) >= 11 is 0. The topological polar surface area (TPSA) is 78.4 Å². The number of carbonyl (C=O) groups excluding carboxylic acids is 2. The average Bonchev–Trinajstić information content (AvgIpc) is 3.24. The lowest BCUT2D eigenvalue weighted by Crippen LogP contribution is -2.40. The van der Waals surface area contributed by atoms with Crippen LogP contribution in [0.3, 0.4) is 0 Å². The van der Waals surface area contributed by atoms with E-state index in [1.165, 1.54) is 0 Å². The van der Waals surface area contributed by atoms with Crippen molar-refractivity contribution in [3.05, 3.63) is 54.6 Å². The molecule has 2 aromatic heterocycles. The largest absolute Gasteiger partial charge is 0.334 e. The molecule has 2 fully saturated rings. The summed E-state index contributed by atoms with van der Waals surface area (Å²) < 4.78 is 0. The molecule has 2 aromatic rings. The maximum atomic E-state index is 12.5. The number of amides is 3. The molecule has 0 bridgehead atoms. The van der Waals surface area contributed by atoms with E-state index in [-0.39, 0.29) is 17.4 Å². The van der Waals surface area contributed by atoms with E-state index >= 15 is 0 Å². The number of anilines is 1. The van der Waals surface area contributed by atoms with E-state index in [0.29, 0.717) is 32.6 Å². The third kappa shape index (κ3) is 3.24. The summed E-state index contributed by atoms with van der Waals surface area (Å²) in [5, 5.41) is 2.94. The highest BCUT2D eigenvalue weighted by Gasteiger charge is 2.48. The Morgan fingerprint density at radius 2 is 1.96 bits per heavy atom. The first-order valence-corrected chi connectivity index (χ1v) is 8.77. The normalized spacial score (nSPS) is 22.2. The average molecular weight is 351 g/mol.